The molecule has 0 radical (unpaired) electrons. The molecular formula is C24H25N3O3. The van der Waals surface area contributed by atoms with E-state index in [1.165, 1.54) is 0 Å². The summed E-state index contributed by atoms with van der Waals surface area (Å²) < 4.78 is 18.3. The van der Waals surface area contributed by atoms with E-state index in [0.717, 1.165) is 47.3 Å². The minimum atomic E-state index is -0.581. The normalized spacial score (nSPS) is 35.2. The Morgan fingerprint density at radius 1 is 1.10 bits per heavy atom. The highest BCUT2D eigenvalue weighted by molar-refractivity contribution is 6.12. The molecule has 5 aliphatic rings. The Morgan fingerprint density at radius 3 is 2.63 bits per heavy atom. The molecule has 1 atom stereocenters. The molecule has 30 heavy (non-hydrogen) atoms. The molecular weight excluding hydrogens is 378 g/mol. The second-order valence-corrected chi connectivity index (χ2v) is 8.91. The standard InChI is InChI=1S/C24H25N3O3/c1-16-5-2-3-10-26-12-18(16)17-6-7-20-19(11-17)24(15-29-21(25)27-24)22(13-28-14-22)23(30-20)8-4-9-23/h2-3,5-7,10-12H,4,8-9,13-15H2,1H3,(H2,25,27)/b3-2?,5-2+,10-3+,16-5?,18-12?,18-16+,26-10?,26-12-. The molecule has 2 N–H and O–H groups in total. The largest absolute Gasteiger partial charge is 0.486 e. The van der Waals surface area contributed by atoms with Crippen LogP contribution in [0.4, 0.5) is 0 Å². The molecule has 6 heteroatoms. The van der Waals surface area contributed by atoms with Crippen molar-refractivity contribution < 1.29 is 14.2 Å². The molecule has 0 aromatic heterocycles. The number of rotatable bonds is 1. The van der Waals surface area contributed by atoms with Gasteiger partial charge in [0.25, 0.3) is 6.02 Å². The van der Waals surface area contributed by atoms with Gasteiger partial charge in [0.1, 0.15) is 23.5 Å². The number of hydrogen-bond donors (Lipinski definition) is 1. The summed E-state index contributed by atoms with van der Waals surface area (Å²) >= 11 is 0. The molecule has 1 unspecified atom stereocenters. The van der Waals surface area contributed by atoms with Crippen LogP contribution in [0.25, 0.3) is 5.57 Å². The third kappa shape index (κ3) is 2.12. The van der Waals surface area contributed by atoms with Crippen molar-refractivity contribution in [2.75, 3.05) is 19.8 Å². The van der Waals surface area contributed by atoms with E-state index < -0.39 is 5.54 Å². The van der Waals surface area contributed by atoms with Gasteiger partial charge in [-0.05, 0) is 55.5 Å². The third-order valence-electron chi connectivity index (χ3n) is 7.55. The van der Waals surface area contributed by atoms with Crippen molar-refractivity contribution in [3.63, 3.8) is 0 Å². The monoisotopic (exact) mass is 403 g/mol. The van der Waals surface area contributed by atoms with Crippen molar-refractivity contribution in [2.24, 2.45) is 21.1 Å². The Balaban J connectivity index is 1.56. The molecule has 4 heterocycles. The zero-order chi connectivity index (χ0) is 20.4. The van der Waals surface area contributed by atoms with Crippen LogP contribution in [0.2, 0.25) is 0 Å². The average Bonchev–Trinajstić information content (AvgIpc) is 3.04. The minimum absolute atomic E-state index is 0.244. The zero-order valence-electron chi connectivity index (χ0n) is 17.1. The average molecular weight is 403 g/mol. The van der Waals surface area contributed by atoms with Crippen LogP contribution in [-0.2, 0) is 15.0 Å². The number of aliphatic imine (C=N–C) groups is 2. The fourth-order valence-corrected chi connectivity index (χ4v) is 5.66. The first-order valence-corrected chi connectivity index (χ1v) is 10.6. The maximum atomic E-state index is 6.73. The number of benzene rings is 1. The first kappa shape index (κ1) is 18.0. The van der Waals surface area contributed by atoms with E-state index in [1.54, 1.807) is 6.20 Å². The van der Waals surface area contributed by atoms with E-state index in [-0.39, 0.29) is 17.0 Å². The van der Waals surface area contributed by atoms with Gasteiger partial charge in [-0.3, -0.25) is 4.99 Å². The molecule has 2 fully saturated rings. The predicted molar refractivity (Wildman–Crippen MR) is 116 cm³/mol. The highest BCUT2D eigenvalue weighted by Crippen LogP contribution is 2.67. The quantitative estimate of drug-likeness (QED) is 0.779. The van der Waals surface area contributed by atoms with Gasteiger partial charge in [0, 0.05) is 23.6 Å². The Hall–Kier alpha value is -2.86. The van der Waals surface area contributed by atoms with Gasteiger partial charge in [0.15, 0.2) is 0 Å². The van der Waals surface area contributed by atoms with E-state index in [4.69, 9.17) is 24.9 Å². The van der Waals surface area contributed by atoms with Crippen LogP contribution < -0.4 is 10.5 Å². The van der Waals surface area contributed by atoms with Gasteiger partial charge in [-0.25, -0.2) is 4.99 Å². The lowest BCUT2D eigenvalue weighted by molar-refractivity contribution is -0.281. The second-order valence-electron chi connectivity index (χ2n) is 8.91. The first-order chi connectivity index (χ1) is 14.6. The van der Waals surface area contributed by atoms with Gasteiger partial charge in [0.05, 0.1) is 18.6 Å². The molecule has 1 aromatic rings. The predicted octanol–water partition coefficient (Wildman–Crippen LogP) is 3.49. The molecule has 1 saturated heterocycles. The summed E-state index contributed by atoms with van der Waals surface area (Å²) in [5, 5.41) is 0. The highest BCUT2D eigenvalue weighted by atomic mass is 16.5. The number of hydrogen-bond acceptors (Lipinski definition) is 6. The van der Waals surface area contributed by atoms with Crippen LogP contribution in [0.3, 0.4) is 0 Å². The van der Waals surface area contributed by atoms with Crippen molar-refractivity contribution in [3.8, 4) is 5.75 Å². The number of nitrogens with two attached hydrogens (primary N) is 1. The number of ether oxygens (including phenoxy) is 3. The van der Waals surface area contributed by atoms with Crippen LogP contribution in [0.5, 0.6) is 5.75 Å². The Labute approximate surface area is 175 Å². The summed E-state index contributed by atoms with van der Waals surface area (Å²) in [6.07, 6.45) is 12.9. The lowest BCUT2D eigenvalue weighted by atomic mass is 9.49. The summed E-state index contributed by atoms with van der Waals surface area (Å²) in [4.78, 5) is 9.36. The Bertz CT molecular complexity index is 1070. The van der Waals surface area contributed by atoms with Gasteiger partial charge in [-0.15, -0.1) is 0 Å². The van der Waals surface area contributed by atoms with Crippen molar-refractivity contribution in [2.45, 2.75) is 37.3 Å². The zero-order valence-corrected chi connectivity index (χ0v) is 17.1. The SMILES string of the molecule is CC1=C(c2ccc3c(c2)C2(COC(N)=N2)C2(COC2)C2(CCC2)O3)/C=N\C=C\C=C\1. The maximum Gasteiger partial charge on any atom is 0.283 e. The van der Waals surface area contributed by atoms with Gasteiger partial charge in [-0.1, -0.05) is 18.2 Å². The Morgan fingerprint density at radius 2 is 1.97 bits per heavy atom. The van der Waals surface area contributed by atoms with E-state index >= 15 is 0 Å². The minimum Gasteiger partial charge on any atom is -0.486 e. The van der Waals surface area contributed by atoms with Gasteiger partial charge < -0.3 is 19.9 Å². The fraction of sp³-hybridized carbons (Fsp3) is 0.417. The number of allylic oxidation sites excluding steroid dienone is 5. The Kier molecular flexibility index (Phi) is 3.64. The molecule has 6 rings (SSSR count). The summed E-state index contributed by atoms with van der Waals surface area (Å²) in [5.41, 5.74) is 9.36. The van der Waals surface area contributed by atoms with E-state index in [1.807, 2.05) is 18.4 Å². The molecule has 1 aromatic carbocycles. The molecule has 154 valence electrons. The summed E-state index contributed by atoms with van der Waals surface area (Å²) in [5.74, 6) is 0.884. The van der Waals surface area contributed by atoms with Crippen LogP contribution >= 0.6 is 0 Å². The molecule has 4 aliphatic heterocycles. The summed E-state index contributed by atoms with van der Waals surface area (Å²) in [6.45, 7) is 3.77. The van der Waals surface area contributed by atoms with Gasteiger partial charge >= 0.3 is 0 Å². The van der Waals surface area contributed by atoms with Crippen LogP contribution in [-0.4, -0.2) is 37.7 Å². The van der Waals surface area contributed by atoms with Crippen LogP contribution in [0.1, 0.15) is 37.3 Å². The van der Waals surface area contributed by atoms with Crippen LogP contribution in [0, 0.1) is 5.41 Å². The van der Waals surface area contributed by atoms with Gasteiger partial charge in [0.2, 0.25) is 0 Å². The smallest absolute Gasteiger partial charge is 0.283 e. The van der Waals surface area contributed by atoms with E-state index in [0.29, 0.717) is 19.8 Å². The fourth-order valence-electron chi connectivity index (χ4n) is 5.66. The number of nitrogens with zero attached hydrogens (tertiary/aromatic N) is 2. The molecule has 0 amide bonds. The molecule has 3 spiro atoms. The molecule has 6 nitrogen and oxygen atoms in total. The van der Waals surface area contributed by atoms with Crippen molar-refractivity contribution in [3.05, 3.63) is 59.3 Å². The molecule has 1 saturated carbocycles. The summed E-state index contributed by atoms with van der Waals surface area (Å²) in [6, 6.07) is 6.64. The van der Waals surface area contributed by atoms with Crippen molar-refractivity contribution >= 4 is 17.8 Å². The van der Waals surface area contributed by atoms with Gasteiger partial charge in [-0.2, -0.15) is 0 Å². The lowest BCUT2D eigenvalue weighted by Gasteiger charge is -2.66. The van der Waals surface area contributed by atoms with Crippen molar-refractivity contribution in [1.29, 1.82) is 0 Å². The summed E-state index contributed by atoms with van der Waals surface area (Å²) in [7, 11) is 0. The molecule has 0 bridgehead atoms. The number of fused-ring (bicyclic) bond motifs is 4. The second kappa shape index (κ2) is 6.08. The maximum absolute atomic E-state index is 6.73. The van der Waals surface area contributed by atoms with E-state index in [9.17, 15) is 0 Å². The van der Waals surface area contributed by atoms with E-state index in [2.05, 4.69) is 36.2 Å². The highest BCUT2D eigenvalue weighted by Gasteiger charge is 2.75. The van der Waals surface area contributed by atoms with Crippen molar-refractivity contribution in [1.82, 2.24) is 0 Å². The van der Waals surface area contributed by atoms with Crippen LogP contribution in [0.15, 0.2) is 58.2 Å². The third-order valence-corrected chi connectivity index (χ3v) is 7.55. The first-order valence-electron chi connectivity index (χ1n) is 10.6. The topological polar surface area (TPSA) is 78.4 Å². The molecule has 1 aliphatic carbocycles. The lowest BCUT2D eigenvalue weighted by Crippen LogP contribution is -2.75. The number of amidine groups is 1.